The molecule has 2 rings (SSSR count). The van der Waals surface area contributed by atoms with E-state index < -0.39 is 0 Å². The van der Waals surface area contributed by atoms with Gasteiger partial charge >= 0.3 is 5.97 Å². The van der Waals surface area contributed by atoms with Gasteiger partial charge in [-0.25, -0.2) is 0 Å². The molecule has 0 amide bonds. The lowest BCUT2D eigenvalue weighted by atomic mass is 9.86. The Morgan fingerprint density at radius 3 is 2.67 bits per heavy atom. The van der Waals surface area contributed by atoms with Crippen molar-refractivity contribution >= 4 is 5.97 Å². The van der Waals surface area contributed by atoms with Gasteiger partial charge in [0.1, 0.15) is 6.10 Å². The van der Waals surface area contributed by atoms with Crippen molar-refractivity contribution in [2.75, 3.05) is 0 Å². The van der Waals surface area contributed by atoms with Crippen LogP contribution in [0.5, 0.6) is 0 Å². The van der Waals surface area contributed by atoms with Crippen LogP contribution in [0.3, 0.4) is 0 Å². The maximum Gasteiger partial charge on any atom is 0.303 e. The van der Waals surface area contributed by atoms with Gasteiger partial charge in [0.25, 0.3) is 0 Å². The summed E-state index contributed by atoms with van der Waals surface area (Å²) >= 11 is 0. The molecular formula is C12H15NO2. The Hall–Kier alpha value is -1.35. The first-order valence-corrected chi connectivity index (χ1v) is 5.20. The van der Waals surface area contributed by atoms with Crippen molar-refractivity contribution in [2.24, 2.45) is 5.73 Å². The number of esters is 1. The average molecular weight is 205 g/mol. The maximum atomic E-state index is 10.9. The summed E-state index contributed by atoms with van der Waals surface area (Å²) in [7, 11) is 0. The first kappa shape index (κ1) is 10.2. The number of carbonyl (C=O) groups excluding carboxylic acids is 1. The fourth-order valence-corrected chi connectivity index (χ4v) is 2.11. The zero-order valence-electron chi connectivity index (χ0n) is 8.77. The summed E-state index contributed by atoms with van der Waals surface area (Å²) in [5, 5.41) is 0. The molecule has 1 aliphatic carbocycles. The van der Waals surface area contributed by atoms with Crippen LogP contribution in [0.1, 0.15) is 43.0 Å². The fraction of sp³-hybridized carbons (Fsp3) is 0.417. The Bertz CT molecular complexity index is 376. The molecule has 0 heterocycles. The minimum Gasteiger partial charge on any atom is -0.458 e. The van der Waals surface area contributed by atoms with Crippen molar-refractivity contribution in [3.8, 4) is 0 Å². The summed E-state index contributed by atoms with van der Waals surface area (Å²) in [6, 6.07) is 7.99. The van der Waals surface area contributed by atoms with Gasteiger partial charge in [0.2, 0.25) is 0 Å². The van der Waals surface area contributed by atoms with Crippen LogP contribution in [0.25, 0.3) is 0 Å². The third kappa shape index (κ3) is 2.02. The van der Waals surface area contributed by atoms with Crippen LogP contribution in [0, 0.1) is 0 Å². The summed E-state index contributed by atoms with van der Waals surface area (Å²) < 4.78 is 5.27. The summed E-state index contributed by atoms with van der Waals surface area (Å²) in [6.45, 7) is 1.44. The van der Waals surface area contributed by atoms with Crippen LogP contribution < -0.4 is 5.73 Å². The molecule has 2 unspecified atom stereocenters. The topological polar surface area (TPSA) is 52.3 Å². The molecule has 80 valence electrons. The van der Waals surface area contributed by atoms with Crippen LogP contribution in [0.15, 0.2) is 24.3 Å². The molecule has 15 heavy (non-hydrogen) atoms. The van der Waals surface area contributed by atoms with Crippen LogP contribution >= 0.6 is 0 Å². The van der Waals surface area contributed by atoms with E-state index in [-0.39, 0.29) is 18.1 Å². The van der Waals surface area contributed by atoms with Crippen LogP contribution in [0.2, 0.25) is 0 Å². The van der Waals surface area contributed by atoms with E-state index in [0.29, 0.717) is 0 Å². The van der Waals surface area contributed by atoms with Crippen LogP contribution in [-0.4, -0.2) is 5.97 Å². The third-order valence-corrected chi connectivity index (χ3v) is 2.79. The second kappa shape index (κ2) is 4.03. The minimum absolute atomic E-state index is 0.0769. The molecule has 0 spiro atoms. The van der Waals surface area contributed by atoms with E-state index >= 15 is 0 Å². The Labute approximate surface area is 89.2 Å². The molecule has 0 aromatic heterocycles. The van der Waals surface area contributed by atoms with Crippen molar-refractivity contribution in [3.63, 3.8) is 0 Å². The van der Waals surface area contributed by atoms with Crippen molar-refractivity contribution in [3.05, 3.63) is 35.4 Å². The fourth-order valence-electron chi connectivity index (χ4n) is 2.11. The molecule has 0 saturated carbocycles. The van der Waals surface area contributed by atoms with E-state index in [0.717, 1.165) is 24.0 Å². The highest BCUT2D eigenvalue weighted by atomic mass is 16.5. The molecule has 3 heteroatoms. The number of rotatable bonds is 1. The summed E-state index contributed by atoms with van der Waals surface area (Å²) in [4.78, 5) is 10.9. The van der Waals surface area contributed by atoms with E-state index in [1.54, 1.807) is 0 Å². The van der Waals surface area contributed by atoms with Gasteiger partial charge in [-0.2, -0.15) is 0 Å². The number of benzene rings is 1. The SMILES string of the molecule is CC(=O)OC1CCC(N)c2ccccc21. The highest BCUT2D eigenvalue weighted by molar-refractivity contribution is 5.66. The van der Waals surface area contributed by atoms with Crippen molar-refractivity contribution in [1.82, 2.24) is 0 Å². The highest BCUT2D eigenvalue weighted by Gasteiger charge is 2.26. The molecule has 0 fully saturated rings. The zero-order valence-corrected chi connectivity index (χ0v) is 8.77. The predicted octanol–water partition coefficient (Wildman–Crippen LogP) is 2.08. The number of carbonyl (C=O) groups is 1. The van der Waals surface area contributed by atoms with Gasteiger partial charge in [0.15, 0.2) is 0 Å². The quantitative estimate of drug-likeness (QED) is 0.714. The van der Waals surface area contributed by atoms with E-state index in [1.807, 2.05) is 24.3 Å². The minimum atomic E-state index is -0.231. The molecule has 0 bridgehead atoms. The normalized spacial score (nSPS) is 24.4. The smallest absolute Gasteiger partial charge is 0.303 e. The third-order valence-electron chi connectivity index (χ3n) is 2.79. The van der Waals surface area contributed by atoms with Crippen LogP contribution in [0.4, 0.5) is 0 Å². The monoisotopic (exact) mass is 205 g/mol. The lowest BCUT2D eigenvalue weighted by Crippen LogP contribution is -2.22. The summed E-state index contributed by atoms with van der Waals surface area (Å²) in [5.41, 5.74) is 8.17. The number of hydrogen-bond donors (Lipinski definition) is 1. The first-order valence-electron chi connectivity index (χ1n) is 5.20. The van der Waals surface area contributed by atoms with Gasteiger partial charge in [-0.3, -0.25) is 4.79 Å². The Balaban J connectivity index is 2.31. The molecule has 3 nitrogen and oxygen atoms in total. The van der Waals surface area contributed by atoms with E-state index in [2.05, 4.69) is 0 Å². The Morgan fingerprint density at radius 2 is 2.00 bits per heavy atom. The number of nitrogens with two attached hydrogens (primary N) is 1. The van der Waals surface area contributed by atoms with Crippen molar-refractivity contribution in [1.29, 1.82) is 0 Å². The van der Waals surface area contributed by atoms with Crippen molar-refractivity contribution < 1.29 is 9.53 Å². The van der Waals surface area contributed by atoms with Crippen molar-refractivity contribution in [2.45, 2.75) is 31.9 Å². The molecule has 2 atom stereocenters. The molecule has 0 saturated heterocycles. The lowest BCUT2D eigenvalue weighted by molar-refractivity contribution is -0.147. The molecule has 0 aliphatic heterocycles. The summed E-state index contributed by atoms with van der Waals surface area (Å²) in [5.74, 6) is -0.231. The van der Waals surface area contributed by atoms with Gasteiger partial charge < -0.3 is 10.5 Å². The average Bonchev–Trinajstić information content (AvgIpc) is 2.22. The Morgan fingerprint density at radius 1 is 1.33 bits per heavy atom. The summed E-state index contributed by atoms with van der Waals surface area (Å²) in [6.07, 6.45) is 1.57. The Kier molecular flexibility index (Phi) is 2.73. The van der Waals surface area contributed by atoms with Gasteiger partial charge in [0, 0.05) is 13.0 Å². The number of fused-ring (bicyclic) bond motifs is 1. The number of hydrogen-bond acceptors (Lipinski definition) is 3. The van der Waals surface area contributed by atoms with Gasteiger partial charge in [-0.1, -0.05) is 24.3 Å². The standard InChI is InChI=1S/C12H15NO2/c1-8(14)15-12-7-6-11(13)9-4-2-3-5-10(9)12/h2-5,11-12H,6-7,13H2,1H3. The van der Waals surface area contributed by atoms with Crippen LogP contribution in [-0.2, 0) is 9.53 Å². The van der Waals surface area contributed by atoms with Gasteiger partial charge in [-0.05, 0) is 24.0 Å². The van der Waals surface area contributed by atoms with Gasteiger partial charge in [0.05, 0.1) is 0 Å². The first-order chi connectivity index (χ1) is 7.18. The van der Waals surface area contributed by atoms with E-state index in [9.17, 15) is 4.79 Å². The molecule has 0 radical (unpaired) electrons. The molecule has 1 aromatic carbocycles. The molecular weight excluding hydrogens is 190 g/mol. The van der Waals surface area contributed by atoms with E-state index in [1.165, 1.54) is 6.92 Å². The number of ether oxygens (including phenoxy) is 1. The molecule has 2 N–H and O–H groups in total. The largest absolute Gasteiger partial charge is 0.458 e. The highest BCUT2D eigenvalue weighted by Crippen LogP contribution is 2.36. The second-order valence-corrected chi connectivity index (χ2v) is 3.91. The maximum absolute atomic E-state index is 10.9. The second-order valence-electron chi connectivity index (χ2n) is 3.91. The zero-order chi connectivity index (χ0) is 10.8. The van der Waals surface area contributed by atoms with Gasteiger partial charge in [-0.15, -0.1) is 0 Å². The molecule has 1 aliphatic rings. The predicted molar refractivity (Wildman–Crippen MR) is 57.1 cm³/mol. The lowest BCUT2D eigenvalue weighted by Gasteiger charge is -2.28. The van der Waals surface area contributed by atoms with E-state index in [4.69, 9.17) is 10.5 Å². The molecule has 1 aromatic rings.